The number of carbonyl (C=O) groups excluding carboxylic acids is 2. The summed E-state index contributed by atoms with van der Waals surface area (Å²) >= 11 is 0. The van der Waals surface area contributed by atoms with Crippen molar-refractivity contribution in [2.45, 2.75) is 13.3 Å². The summed E-state index contributed by atoms with van der Waals surface area (Å²) in [6.45, 7) is 2.53. The van der Waals surface area contributed by atoms with Gasteiger partial charge in [-0.05, 0) is 24.1 Å². The van der Waals surface area contributed by atoms with Gasteiger partial charge in [-0.2, -0.15) is 0 Å². The molecule has 0 saturated heterocycles. The molecule has 0 bridgehead atoms. The highest BCUT2D eigenvalue weighted by atomic mass is 19.1. The Hall–Kier alpha value is -2.75. The number of carbonyl (C=O) groups is 2. The fraction of sp³-hybridized carbons (Fsp3) is 0.158. The molecule has 0 spiro atoms. The van der Waals surface area contributed by atoms with E-state index in [9.17, 15) is 14.0 Å². The van der Waals surface area contributed by atoms with E-state index in [1.165, 1.54) is 18.2 Å². The van der Waals surface area contributed by atoms with Crippen molar-refractivity contribution in [2.75, 3.05) is 6.54 Å². The van der Waals surface area contributed by atoms with Gasteiger partial charge in [0.05, 0.1) is 0 Å². The Morgan fingerprint density at radius 2 is 1.74 bits per heavy atom. The van der Waals surface area contributed by atoms with Crippen LogP contribution in [0.15, 0.2) is 60.7 Å². The third-order valence-corrected chi connectivity index (χ3v) is 3.29. The second-order valence-electron chi connectivity index (χ2n) is 5.05. The summed E-state index contributed by atoms with van der Waals surface area (Å²) in [6, 6.07) is 13.1. The molecule has 1 amide bonds. The minimum Gasteiger partial charge on any atom is -0.353 e. The van der Waals surface area contributed by atoms with Gasteiger partial charge in [0.2, 0.25) is 5.91 Å². The fourth-order valence-corrected chi connectivity index (χ4v) is 2.06. The average molecular weight is 311 g/mol. The van der Waals surface area contributed by atoms with E-state index in [0.29, 0.717) is 23.2 Å². The van der Waals surface area contributed by atoms with E-state index >= 15 is 0 Å². The largest absolute Gasteiger partial charge is 0.353 e. The maximum atomic E-state index is 13.7. The van der Waals surface area contributed by atoms with Gasteiger partial charge in [-0.1, -0.05) is 49.4 Å². The number of rotatable bonds is 6. The lowest BCUT2D eigenvalue weighted by molar-refractivity contribution is -0.116. The van der Waals surface area contributed by atoms with Gasteiger partial charge in [-0.3, -0.25) is 9.59 Å². The predicted octanol–water partition coefficient (Wildman–Crippen LogP) is 3.76. The molecule has 0 atom stereocenters. The molecule has 0 aliphatic heterocycles. The molecule has 0 saturated carbocycles. The van der Waals surface area contributed by atoms with Crippen LogP contribution in [0.5, 0.6) is 0 Å². The first-order valence-corrected chi connectivity index (χ1v) is 7.47. The molecule has 1 N–H and O–H groups in total. The van der Waals surface area contributed by atoms with Crippen LogP contribution in [0.2, 0.25) is 0 Å². The molecule has 23 heavy (non-hydrogen) atoms. The Labute approximate surface area is 134 Å². The highest BCUT2D eigenvalue weighted by Crippen LogP contribution is 2.22. The molecule has 2 aromatic rings. The normalized spacial score (nSPS) is 10.7. The first-order valence-electron chi connectivity index (χ1n) is 7.47. The van der Waals surface area contributed by atoms with E-state index in [1.807, 2.05) is 6.92 Å². The molecule has 3 nitrogen and oxygen atoms in total. The first-order chi connectivity index (χ1) is 11.1. The van der Waals surface area contributed by atoms with E-state index in [2.05, 4.69) is 5.32 Å². The summed E-state index contributed by atoms with van der Waals surface area (Å²) in [5.74, 6) is -0.862. The number of allylic oxidation sites excluding steroid dienone is 1. The number of nitrogens with one attached hydrogen (secondary N) is 1. The molecular weight excluding hydrogens is 293 g/mol. The molecule has 2 aromatic carbocycles. The first kappa shape index (κ1) is 16.6. The molecule has 0 heterocycles. The second kappa shape index (κ2) is 8.03. The monoisotopic (exact) mass is 311 g/mol. The number of hydrogen-bond donors (Lipinski definition) is 1. The fourth-order valence-electron chi connectivity index (χ4n) is 2.06. The van der Waals surface area contributed by atoms with Crippen molar-refractivity contribution < 1.29 is 14.0 Å². The number of amides is 1. The van der Waals surface area contributed by atoms with Crippen LogP contribution in [-0.4, -0.2) is 18.2 Å². The van der Waals surface area contributed by atoms with E-state index < -0.39 is 0 Å². The minimum absolute atomic E-state index is 0.267. The van der Waals surface area contributed by atoms with Gasteiger partial charge in [0.1, 0.15) is 5.82 Å². The summed E-state index contributed by atoms with van der Waals surface area (Å²) in [6.07, 6.45) is 3.30. The van der Waals surface area contributed by atoms with Crippen molar-refractivity contribution in [1.29, 1.82) is 0 Å². The molecule has 0 aliphatic carbocycles. The maximum Gasteiger partial charge on any atom is 0.244 e. The Kier molecular flexibility index (Phi) is 5.80. The Morgan fingerprint density at radius 1 is 1.04 bits per heavy atom. The van der Waals surface area contributed by atoms with Crippen LogP contribution >= 0.6 is 0 Å². The van der Waals surface area contributed by atoms with Crippen LogP contribution in [0, 0.1) is 5.82 Å². The van der Waals surface area contributed by atoms with Gasteiger partial charge < -0.3 is 5.32 Å². The molecular formula is C19H18FNO2. The highest BCUT2D eigenvalue weighted by molar-refractivity contribution is 6.07. The summed E-state index contributed by atoms with van der Waals surface area (Å²) in [5, 5.41) is 2.66. The minimum atomic E-state index is -0.306. The third-order valence-electron chi connectivity index (χ3n) is 3.29. The van der Waals surface area contributed by atoms with Gasteiger partial charge in [0.15, 0.2) is 5.78 Å². The predicted molar refractivity (Wildman–Crippen MR) is 88.6 cm³/mol. The SMILES string of the molecule is CCCNC(=O)/C=C/C(=O)c1ccc(-c2ccccc2F)cc1. The molecule has 0 radical (unpaired) electrons. The van der Waals surface area contributed by atoms with Crippen LogP contribution in [0.3, 0.4) is 0 Å². The van der Waals surface area contributed by atoms with Gasteiger partial charge in [0.25, 0.3) is 0 Å². The standard InChI is InChI=1S/C19H18FNO2/c1-2-13-21-19(23)12-11-18(22)15-9-7-14(8-10-15)16-5-3-4-6-17(16)20/h3-12H,2,13H2,1H3,(H,21,23)/b12-11+. The van der Waals surface area contributed by atoms with Crippen LogP contribution in [0.25, 0.3) is 11.1 Å². The van der Waals surface area contributed by atoms with Crippen LogP contribution < -0.4 is 5.32 Å². The van der Waals surface area contributed by atoms with Crippen molar-refractivity contribution in [3.8, 4) is 11.1 Å². The summed E-state index contributed by atoms with van der Waals surface area (Å²) in [5.41, 5.74) is 1.63. The summed E-state index contributed by atoms with van der Waals surface area (Å²) in [7, 11) is 0. The zero-order valence-electron chi connectivity index (χ0n) is 12.9. The summed E-state index contributed by atoms with van der Waals surface area (Å²) in [4.78, 5) is 23.4. The number of benzene rings is 2. The molecule has 2 rings (SSSR count). The van der Waals surface area contributed by atoms with E-state index in [1.54, 1.807) is 42.5 Å². The lowest BCUT2D eigenvalue weighted by Gasteiger charge is -2.04. The van der Waals surface area contributed by atoms with Crippen molar-refractivity contribution >= 4 is 11.7 Å². The molecule has 0 aromatic heterocycles. The van der Waals surface area contributed by atoms with E-state index in [0.717, 1.165) is 6.42 Å². The highest BCUT2D eigenvalue weighted by Gasteiger charge is 2.06. The number of hydrogen-bond acceptors (Lipinski definition) is 2. The van der Waals surface area contributed by atoms with E-state index in [-0.39, 0.29) is 17.5 Å². The quantitative estimate of drug-likeness (QED) is 0.652. The third kappa shape index (κ3) is 4.61. The summed E-state index contributed by atoms with van der Waals surface area (Å²) < 4.78 is 13.7. The van der Waals surface area contributed by atoms with E-state index in [4.69, 9.17) is 0 Å². The second-order valence-corrected chi connectivity index (χ2v) is 5.05. The lowest BCUT2D eigenvalue weighted by atomic mass is 10.0. The van der Waals surface area contributed by atoms with Crippen LogP contribution in [-0.2, 0) is 4.79 Å². The Bertz CT molecular complexity index is 720. The Morgan fingerprint density at radius 3 is 2.39 bits per heavy atom. The molecule has 118 valence electrons. The zero-order chi connectivity index (χ0) is 16.7. The molecule has 0 fully saturated rings. The van der Waals surface area contributed by atoms with Crippen molar-refractivity contribution in [3.05, 3.63) is 72.1 Å². The topological polar surface area (TPSA) is 46.2 Å². The van der Waals surface area contributed by atoms with Crippen LogP contribution in [0.4, 0.5) is 4.39 Å². The Balaban J connectivity index is 2.08. The molecule has 4 heteroatoms. The van der Waals surface area contributed by atoms with Crippen molar-refractivity contribution in [3.63, 3.8) is 0 Å². The van der Waals surface area contributed by atoms with Crippen molar-refractivity contribution in [2.24, 2.45) is 0 Å². The van der Waals surface area contributed by atoms with Gasteiger partial charge in [0, 0.05) is 23.7 Å². The van der Waals surface area contributed by atoms with Gasteiger partial charge in [-0.25, -0.2) is 4.39 Å². The average Bonchev–Trinajstić information content (AvgIpc) is 2.58. The lowest BCUT2D eigenvalue weighted by Crippen LogP contribution is -2.21. The van der Waals surface area contributed by atoms with Gasteiger partial charge >= 0.3 is 0 Å². The van der Waals surface area contributed by atoms with Crippen molar-refractivity contribution in [1.82, 2.24) is 5.32 Å². The molecule has 0 unspecified atom stereocenters. The maximum absolute atomic E-state index is 13.7. The van der Waals surface area contributed by atoms with Crippen LogP contribution in [0.1, 0.15) is 23.7 Å². The molecule has 0 aliphatic rings. The zero-order valence-corrected chi connectivity index (χ0v) is 12.9. The number of ketones is 1. The number of halogens is 1. The smallest absolute Gasteiger partial charge is 0.244 e. The van der Waals surface area contributed by atoms with Gasteiger partial charge in [-0.15, -0.1) is 0 Å².